The highest BCUT2D eigenvalue weighted by atomic mass is 16.5. The van der Waals surface area contributed by atoms with Crippen LogP contribution in [0.3, 0.4) is 0 Å². The Kier molecular flexibility index (Phi) is 6.68. The van der Waals surface area contributed by atoms with Gasteiger partial charge in [0.25, 0.3) is 5.91 Å². The molecule has 1 fully saturated rings. The van der Waals surface area contributed by atoms with Gasteiger partial charge in [0.15, 0.2) is 0 Å². The van der Waals surface area contributed by atoms with Crippen LogP contribution in [0.5, 0.6) is 5.75 Å². The standard InChI is InChI=1S/C30H28N2O2/c33-30(29-9-5-4-8-28(29)24-6-2-1-3-7-24)32-25-14-10-22(11-15-25)23-12-16-26(17-13-23)34-27-18-20-31-21-19-27/h1-17,27,31H,18-21H2,(H,32,33). The van der Waals surface area contributed by atoms with E-state index in [4.69, 9.17) is 4.74 Å². The summed E-state index contributed by atoms with van der Waals surface area (Å²) < 4.78 is 6.11. The second kappa shape index (κ2) is 10.4. The fourth-order valence-electron chi connectivity index (χ4n) is 4.33. The highest BCUT2D eigenvalue weighted by Gasteiger charge is 2.15. The SMILES string of the molecule is O=C(Nc1ccc(-c2ccc(OC3CCNCC3)cc2)cc1)c1ccccc1-c1ccccc1. The van der Waals surface area contributed by atoms with Crippen molar-refractivity contribution in [2.75, 3.05) is 18.4 Å². The number of carbonyl (C=O) groups is 1. The van der Waals surface area contributed by atoms with Crippen LogP contribution in [0.25, 0.3) is 22.3 Å². The highest BCUT2D eigenvalue weighted by molar-refractivity contribution is 6.08. The Morgan fingerprint density at radius 2 is 1.32 bits per heavy atom. The molecule has 0 spiro atoms. The minimum atomic E-state index is -0.119. The van der Waals surface area contributed by atoms with E-state index in [0.717, 1.165) is 59.6 Å². The summed E-state index contributed by atoms with van der Waals surface area (Å²) in [5.41, 5.74) is 5.57. The molecule has 0 saturated carbocycles. The largest absolute Gasteiger partial charge is 0.490 e. The van der Waals surface area contributed by atoms with Crippen LogP contribution >= 0.6 is 0 Å². The van der Waals surface area contributed by atoms with Gasteiger partial charge < -0.3 is 15.4 Å². The summed E-state index contributed by atoms with van der Waals surface area (Å²) in [6, 6.07) is 33.8. The van der Waals surface area contributed by atoms with Gasteiger partial charge in [-0.2, -0.15) is 0 Å². The van der Waals surface area contributed by atoms with Crippen LogP contribution in [0, 0.1) is 0 Å². The van der Waals surface area contributed by atoms with Crippen molar-refractivity contribution >= 4 is 11.6 Å². The molecule has 1 heterocycles. The van der Waals surface area contributed by atoms with Crippen LogP contribution in [0.4, 0.5) is 5.69 Å². The normalized spacial score (nSPS) is 13.9. The fraction of sp³-hybridized carbons (Fsp3) is 0.167. The molecule has 1 aliphatic rings. The predicted molar refractivity (Wildman–Crippen MR) is 138 cm³/mol. The Balaban J connectivity index is 1.26. The zero-order chi connectivity index (χ0) is 23.2. The van der Waals surface area contributed by atoms with Crippen LogP contribution < -0.4 is 15.4 Å². The van der Waals surface area contributed by atoms with Crippen molar-refractivity contribution in [1.29, 1.82) is 0 Å². The number of carbonyl (C=O) groups excluding carboxylic acids is 1. The van der Waals surface area contributed by atoms with Gasteiger partial charge in [0.2, 0.25) is 0 Å². The van der Waals surface area contributed by atoms with Crippen molar-refractivity contribution < 1.29 is 9.53 Å². The summed E-state index contributed by atoms with van der Waals surface area (Å²) in [7, 11) is 0. The molecular weight excluding hydrogens is 420 g/mol. The molecule has 5 rings (SSSR count). The summed E-state index contributed by atoms with van der Waals surface area (Å²) in [5.74, 6) is 0.795. The van der Waals surface area contributed by atoms with Gasteiger partial charge in [0.05, 0.1) is 0 Å². The van der Waals surface area contributed by atoms with E-state index in [1.54, 1.807) is 0 Å². The van der Waals surface area contributed by atoms with E-state index in [0.29, 0.717) is 11.7 Å². The minimum absolute atomic E-state index is 0.119. The molecule has 0 atom stereocenters. The smallest absolute Gasteiger partial charge is 0.256 e. The number of hydrogen-bond donors (Lipinski definition) is 2. The zero-order valence-electron chi connectivity index (χ0n) is 19.0. The average molecular weight is 449 g/mol. The minimum Gasteiger partial charge on any atom is -0.490 e. The van der Waals surface area contributed by atoms with Crippen molar-refractivity contribution in [1.82, 2.24) is 5.32 Å². The van der Waals surface area contributed by atoms with Crippen molar-refractivity contribution in [3.8, 4) is 28.0 Å². The Morgan fingerprint density at radius 3 is 2.03 bits per heavy atom. The lowest BCUT2D eigenvalue weighted by Crippen LogP contribution is -2.34. The maximum atomic E-state index is 13.0. The van der Waals surface area contributed by atoms with Gasteiger partial charge in [-0.3, -0.25) is 4.79 Å². The summed E-state index contributed by atoms with van der Waals surface area (Å²) in [5, 5.41) is 6.40. The molecule has 1 aliphatic heterocycles. The predicted octanol–water partition coefficient (Wildman–Crippen LogP) is 6.40. The van der Waals surface area contributed by atoms with E-state index in [1.165, 1.54) is 0 Å². The average Bonchev–Trinajstić information content (AvgIpc) is 2.91. The maximum absolute atomic E-state index is 13.0. The molecule has 170 valence electrons. The van der Waals surface area contributed by atoms with Crippen LogP contribution in [0.2, 0.25) is 0 Å². The van der Waals surface area contributed by atoms with Crippen LogP contribution in [0.15, 0.2) is 103 Å². The lowest BCUT2D eigenvalue weighted by molar-refractivity contribution is 0.102. The number of anilines is 1. The van der Waals surface area contributed by atoms with Crippen molar-refractivity contribution in [3.05, 3.63) is 109 Å². The molecule has 0 aliphatic carbocycles. The lowest BCUT2D eigenvalue weighted by atomic mass is 9.99. The third-order valence-electron chi connectivity index (χ3n) is 6.18. The fourth-order valence-corrected chi connectivity index (χ4v) is 4.33. The van der Waals surface area contributed by atoms with Crippen molar-refractivity contribution in [2.45, 2.75) is 18.9 Å². The van der Waals surface area contributed by atoms with E-state index in [2.05, 4.69) is 22.8 Å². The number of hydrogen-bond acceptors (Lipinski definition) is 3. The van der Waals surface area contributed by atoms with Gasteiger partial charge in [-0.05, 0) is 78.5 Å². The van der Waals surface area contributed by atoms with Gasteiger partial charge in [-0.25, -0.2) is 0 Å². The summed E-state index contributed by atoms with van der Waals surface area (Å²) >= 11 is 0. The molecule has 1 amide bonds. The number of rotatable bonds is 6. The molecule has 1 saturated heterocycles. The maximum Gasteiger partial charge on any atom is 0.256 e. The molecular formula is C30H28N2O2. The Hall–Kier alpha value is -3.89. The first kappa shape index (κ1) is 21.9. The molecule has 2 N–H and O–H groups in total. The van der Waals surface area contributed by atoms with Crippen LogP contribution in [-0.4, -0.2) is 25.1 Å². The number of benzene rings is 4. The molecule has 0 aromatic heterocycles. The number of nitrogens with one attached hydrogen (secondary N) is 2. The monoisotopic (exact) mass is 448 g/mol. The topological polar surface area (TPSA) is 50.4 Å². The number of ether oxygens (including phenoxy) is 1. The van der Waals surface area contributed by atoms with Gasteiger partial charge in [-0.15, -0.1) is 0 Å². The second-order valence-electron chi connectivity index (χ2n) is 8.53. The van der Waals surface area contributed by atoms with Crippen molar-refractivity contribution in [2.24, 2.45) is 0 Å². The van der Waals surface area contributed by atoms with E-state index in [1.807, 2.05) is 91.0 Å². The van der Waals surface area contributed by atoms with Crippen LogP contribution in [0.1, 0.15) is 23.2 Å². The molecule has 4 nitrogen and oxygen atoms in total. The molecule has 4 aromatic carbocycles. The summed E-state index contributed by atoms with van der Waals surface area (Å²) in [6.45, 7) is 2.03. The molecule has 0 bridgehead atoms. The quantitative estimate of drug-likeness (QED) is 0.359. The third kappa shape index (κ3) is 5.19. The molecule has 4 heteroatoms. The molecule has 0 radical (unpaired) electrons. The molecule has 34 heavy (non-hydrogen) atoms. The molecule has 0 unspecified atom stereocenters. The Bertz CT molecular complexity index is 1230. The van der Waals surface area contributed by atoms with Crippen LogP contribution in [-0.2, 0) is 0 Å². The third-order valence-corrected chi connectivity index (χ3v) is 6.18. The number of piperidine rings is 1. The first-order chi connectivity index (χ1) is 16.8. The zero-order valence-corrected chi connectivity index (χ0v) is 19.0. The van der Waals surface area contributed by atoms with Gasteiger partial charge in [0.1, 0.15) is 11.9 Å². The first-order valence-electron chi connectivity index (χ1n) is 11.8. The van der Waals surface area contributed by atoms with E-state index in [-0.39, 0.29) is 5.91 Å². The molecule has 4 aromatic rings. The summed E-state index contributed by atoms with van der Waals surface area (Å²) in [4.78, 5) is 13.0. The van der Waals surface area contributed by atoms with Crippen molar-refractivity contribution in [3.63, 3.8) is 0 Å². The number of amides is 1. The van der Waals surface area contributed by atoms with E-state index in [9.17, 15) is 4.79 Å². The summed E-state index contributed by atoms with van der Waals surface area (Å²) in [6.07, 6.45) is 2.39. The highest BCUT2D eigenvalue weighted by Crippen LogP contribution is 2.27. The van der Waals surface area contributed by atoms with E-state index >= 15 is 0 Å². The lowest BCUT2D eigenvalue weighted by Gasteiger charge is -2.23. The first-order valence-corrected chi connectivity index (χ1v) is 11.8. The van der Waals surface area contributed by atoms with Gasteiger partial charge in [-0.1, -0.05) is 72.8 Å². The second-order valence-corrected chi connectivity index (χ2v) is 8.53. The van der Waals surface area contributed by atoms with Gasteiger partial charge in [0, 0.05) is 11.3 Å². The van der Waals surface area contributed by atoms with E-state index < -0.39 is 0 Å². The Labute approximate surface area is 200 Å². The van der Waals surface area contributed by atoms with Gasteiger partial charge >= 0.3 is 0 Å². The Morgan fingerprint density at radius 1 is 0.706 bits per heavy atom.